The number of halogens is 3. The van der Waals surface area contributed by atoms with Crippen LogP contribution in [-0.4, -0.2) is 7.05 Å². The van der Waals surface area contributed by atoms with E-state index in [9.17, 15) is 13.2 Å². The maximum absolute atomic E-state index is 12.4. The van der Waals surface area contributed by atoms with Crippen molar-refractivity contribution in [3.8, 4) is 0 Å². The van der Waals surface area contributed by atoms with Crippen molar-refractivity contribution < 1.29 is 13.2 Å². The van der Waals surface area contributed by atoms with Gasteiger partial charge in [-0.25, -0.2) is 0 Å². The number of hydrogen-bond acceptors (Lipinski definition) is 2. The van der Waals surface area contributed by atoms with Gasteiger partial charge in [-0.15, -0.1) is 0 Å². The van der Waals surface area contributed by atoms with Gasteiger partial charge in [-0.2, -0.15) is 13.2 Å². The van der Waals surface area contributed by atoms with Crippen LogP contribution in [0.15, 0.2) is 34.7 Å². The van der Waals surface area contributed by atoms with E-state index >= 15 is 0 Å². The number of benzene rings is 1. The van der Waals surface area contributed by atoms with Crippen LogP contribution < -0.4 is 4.90 Å². The van der Waals surface area contributed by atoms with E-state index < -0.39 is 11.7 Å². The molecule has 0 unspecified atom stereocenters. The molecule has 0 radical (unpaired) electrons. The van der Waals surface area contributed by atoms with Crippen molar-refractivity contribution in [1.82, 2.24) is 0 Å². The van der Waals surface area contributed by atoms with Gasteiger partial charge in [0.2, 0.25) is 0 Å². The quantitative estimate of drug-likeness (QED) is 0.669. The molecular formula is C10H8F3NS. The summed E-state index contributed by atoms with van der Waals surface area (Å²) in [5, 5.41) is 0.740. The largest absolute Gasteiger partial charge is 0.416 e. The molecule has 1 aromatic carbocycles. The molecule has 0 aromatic heterocycles. The summed E-state index contributed by atoms with van der Waals surface area (Å²) in [7, 11) is 1.79. The van der Waals surface area contributed by atoms with Crippen LogP contribution >= 0.6 is 11.8 Å². The zero-order valence-electron chi connectivity index (χ0n) is 7.93. The van der Waals surface area contributed by atoms with E-state index in [-0.39, 0.29) is 0 Å². The molecule has 15 heavy (non-hydrogen) atoms. The first-order valence-electron chi connectivity index (χ1n) is 4.21. The topological polar surface area (TPSA) is 3.24 Å². The third-order valence-corrected chi connectivity index (χ3v) is 3.31. The summed E-state index contributed by atoms with van der Waals surface area (Å²) in [6.07, 6.45) is -4.28. The summed E-state index contributed by atoms with van der Waals surface area (Å²) >= 11 is 1.26. The molecule has 0 bridgehead atoms. The Bertz CT molecular complexity index is 425. The summed E-state index contributed by atoms with van der Waals surface area (Å²) in [4.78, 5) is 2.39. The van der Waals surface area contributed by atoms with Gasteiger partial charge in [0.05, 0.1) is 16.3 Å². The highest BCUT2D eigenvalue weighted by Gasteiger charge is 2.32. The lowest BCUT2D eigenvalue weighted by Crippen LogP contribution is -2.09. The maximum Gasteiger partial charge on any atom is 0.416 e. The Balaban J connectivity index is 2.47. The highest BCUT2D eigenvalue weighted by atomic mass is 32.2. The highest BCUT2D eigenvalue weighted by molar-refractivity contribution is 8.03. The van der Waals surface area contributed by atoms with Crippen LogP contribution in [-0.2, 0) is 6.18 Å². The van der Waals surface area contributed by atoms with Gasteiger partial charge in [-0.3, -0.25) is 0 Å². The molecule has 0 spiro atoms. The van der Waals surface area contributed by atoms with E-state index in [1.165, 1.54) is 17.8 Å². The lowest BCUT2D eigenvalue weighted by Gasteiger charge is -2.12. The predicted molar refractivity (Wildman–Crippen MR) is 54.8 cm³/mol. The molecule has 0 saturated heterocycles. The Labute approximate surface area is 89.6 Å². The zero-order chi connectivity index (χ0) is 11.2. The second kappa shape index (κ2) is 3.20. The number of alkyl halides is 3. The van der Waals surface area contributed by atoms with Gasteiger partial charge >= 0.3 is 6.18 Å². The van der Waals surface area contributed by atoms with Gasteiger partial charge in [0.1, 0.15) is 0 Å². The van der Waals surface area contributed by atoms with Crippen LogP contribution in [0.2, 0.25) is 0 Å². The lowest BCUT2D eigenvalue weighted by molar-refractivity contribution is -0.137. The first-order valence-corrected chi connectivity index (χ1v) is 5.03. The normalized spacial score (nSPS) is 15.7. The zero-order valence-corrected chi connectivity index (χ0v) is 8.75. The molecular weight excluding hydrogens is 223 g/mol. The molecule has 5 heteroatoms. The van der Waals surface area contributed by atoms with Gasteiger partial charge in [-0.1, -0.05) is 18.3 Å². The number of anilines is 1. The van der Waals surface area contributed by atoms with Crippen LogP contribution in [0.3, 0.4) is 0 Å². The third-order valence-electron chi connectivity index (χ3n) is 2.25. The Hall–Kier alpha value is -1.10. The van der Waals surface area contributed by atoms with Crippen LogP contribution in [0.25, 0.3) is 0 Å². The first kappa shape index (κ1) is 10.4. The molecule has 0 amide bonds. The van der Waals surface area contributed by atoms with Gasteiger partial charge < -0.3 is 4.90 Å². The van der Waals surface area contributed by atoms with E-state index in [2.05, 4.69) is 6.58 Å². The minimum absolute atomic E-state index is 0.609. The van der Waals surface area contributed by atoms with Crippen molar-refractivity contribution in [3.05, 3.63) is 35.4 Å². The minimum Gasteiger partial charge on any atom is -0.339 e. The van der Waals surface area contributed by atoms with Gasteiger partial charge in [0, 0.05) is 11.9 Å². The highest BCUT2D eigenvalue weighted by Crippen LogP contribution is 2.46. The summed E-state index contributed by atoms with van der Waals surface area (Å²) in [5.41, 5.74) is 0.162. The molecule has 1 nitrogen and oxygen atoms in total. The summed E-state index contributed by atoms with van der Waals surface area (Å²) in [5.74, 6) is 0. The van der Waals surface area contributed by atoms with Gasteiger partial charge in [0.25, 0.3) is 0 Å². The van der Waals surface area contributed by atoms with E-state index in [4.69, 9.17) is 0 Å². The van der Waals surface area contributed by atoms with Gasteiger partial charge in [-0.05, 0) is 18.2 Å². The summed E-state index contributed by atoms with van der Waals surface area (Å²) in [6, 6.07) is 3.73. The van der Waals surface area contributed by atoms with Crippen LogP contribution in [0, 0.1) is 0 Å². The van der Waals surface area contributed by atoms with Crippen LogP contribution in [0.1, 0.15) is 5.56 Å². The fourth-order valence-corrected chi connectivity index (χ4v) is 2.36. The number of nitrogens with zero attached hydrogens (tertiary/aromatic N) is 1. The maximum atomic E-state index is 12.4. The fourth-order valence-electron chi connectivity index (χ4n) is 1.38. The number of thioether (sulfide) groups is 1. The van der Waals surface area contributed by atoms with Crippen molar-refractivity contribution in [2.45, 2.75) is 11.1 Å². The van der Waals surface area contributed by atoms with Crippen molar-refractivity contribution in [2.24, 2.45) is 0 Å². The Morgan fingerprint density at radius 3 is 2.60 bits per heavy atom. The Kier molecular flexibility index (Phi) is 2.22. The molecule has 1 aromatic rings. The van der Waals surface area contributed by atoms with Crippen molar-refractivity contribution in [3.63, 3.8) is 0 Å². The van der Waals surface area contributed by atoms with Crippen molar-refractivity contribution in [1.29, 1.82) is 0 Å². The summed E-state index contributed by atoms with van der Waals surface area (Å²) in [6.45, 7) is 3.75. The molecule has 1 aliphatic heterocycles. The average molecular weight is 231 g/mol. The van der Waals surface area contributed by atoms with Crippen LogP contribution in [0.4, 0.5) is 18.9 Å². The van der Waals surface area contributed by atoms with Crippen LogP contribution in [0.5, 0.6) is 0 Å². The second-order valence-electron chi connectivity index (χ2n) is 3.24. The van der Waals surface area contributed by atoms with Gasteiger partial charge in [0.15, 0.2) is 0 Å². The van der Waals surface area contributed by atoms with E-state index in [1.807, 2.05) is 0 Å². The Morgan fingerprint density at radius 1 is 1.33 bits per heavy atom. The SMILES string of the molecule is C=C1Sc2cc(C(F)(F)F)ccc2N1C. The average Bonchev–Trinajstić information content (AvgIpc) is 2.41. The molecule has 0 N–H and O–H groups in total. The molecule has 80 valence electrons. The monoisotopic (exact) mass is 231 g/mol. The fraction of sp³-hybridized carbons (Fsp3) is 0.200. The first-order chi connectivity index (χ1) is 6.89. The minimum atomic E-state index is -4.28. The van der Waals surface area contributed by atoms with E-state index in [0.29, 0.717) is 4.90 Å². The smallest absolute Gasteiger partial charge is 0.339 e. The number of rotatable bonds is 0. The standard InChI is InChI=1S/C10H8F3NS/c1-6-14(2)8-4-3-7(10(11,12)13)5-9(8)15-6/h3-5H,1H2,2H3. The second-order valence-corrected chi connectivity index (χ2v) is 4.35. The molecule has 0 atom stereocenters. The molecule has 0 saturated carbocycles. The molecule has 0 aliphatic carbocycles. The predicted octanol–water partition coefficient (Wildman–Crippen LogP) is 3.72. The molecule has 2 rings (SSSR count). The molecule has 0 fully saturated rings. The van der Waals surface area contributed by atoms with Crippen molar-refractivity contribution in [2.75, 3.05) is 11.9 Å². The lowest BCUT2D eigenvalue weighted by atomic mass is 10.2. The van der Waals surface area contributed by atoms with E-state index in [1.54, 1.807) is 11.9 Å². The van der Waals surface area contributed by atoms with E-state index in [0.717, 1.165) is 22.8 Å². The Morgan fingerprint density at radius 2 is 2.00 bits per heavy atom. The van der Waals surface area contributed by atoms with Crippen molar-refractivity contribution >= 4 is 17.4 Å². The third kappa shape index (κ3) is 1.71. The molecule has 1 heterocycles. The number of hydrogen-bond donors (Lipinski definition) is 0. The number of fused-ring (bicyclic) bond motifs is 1. The summed E-state index contributed by atoms with van der Waals surface area (Å²) < 4.78 is 37.2. The molecule has 1 aliphatic rings.